The Bertz CT molecular complexity index is 862. The Morgan fingerprint density at radius 2 is 1.92 bits per heavy atom. The zero-order valence-corrected chi connectivity index (χ0v) is 13.3. The van der Waals surface area contributed by atoms with Crippen molar-refractivity contribution >= 4 is 17.7 Å². The van der Waals surface area contributed by atoms with E-state index in [0.717, 1.165) is 30.4 Å². The summed E-state index contributed by atoms with van der Waals surface area (Å²) in [5.41, 5.74) is -1.22. The SMILES string of the molecule is COc1ccc(OC(=O)/C=C/c2cccc(C(F)(F)F)c2)c([N+](=O)[O-])c1. The molecule has 2 aromatic carbocycles. The maximum absolute atomic E-state index is 12.6. The molecular weight excluding hydrogens is 355 g/mol. The van der Waals surface area contributed by atoms with Crippen molar-refractivity contribution in [2.75, 3.05) is 7.11 Å². The van der Waals surface area contributed by atoms with Crippen LogP contribution in [0.4, 0.5) is 18.9 Å². The molecule has 0 saturated carbocycles. The summed E-state index contributed by atoms with van der Waals surface area (Å²) in [5, 5.41) is 11.0. The highest BCUT2D eigenvalue weighted by Crippen LogP contribution is 2.31. The molecular formula is C17H12F3NO5. The third-order valence-corrected chi connectivity index (χ3v) is 3.20. The van der Waals surface area contributed by atoms with Crippen LogP contribution in [0.3, 0.4) is 0 Å². The summed E-state index contributed by atoms with van der Waals surface area (Å²) in [6.45, 7) is 0. The lowest BCUT2D eigenvalue weighted by atomic mass is 10.1. The van der Waals surface area contributed by atoms with E-state index in [0.29, 0.717) is 0 Å². The molecule has 0 spiro atoms. The van der Waals surface area contributed by atoms with Gasteiger partial charge < -0.3 is 9.47 Å². The maximum Gasteiger partial charge on any atom is 0.416 e. The summed E-state index contributed by atoms with van der Waals surface area (Å²) >= 11 is 0. The molecule has 0 aromatic heterocycles. The van der Waals surface area contributed by atoms with E-state index in [1.165, 1.54) is 31.4 Å². The van der Waals surface area contributed by atoms with E-state index >= 15 is 0 Å². The van der Waals surface area contributed by atoms with Crippen molar-refractivity contribution < 1.29 is 32.4 Å². The highest BCUT2D eigenvalue weighted by atomic mass is 19.4. The minimum atomic E-state index is -4.51. The number of hydrogen-bond acceptors (Lipinski definition) is 5. The van der Waals surface area contributed by atoms with Crippen LogP contribution in [-0.2, 0) is 11.0 Å². The second kappa shape index (κ2) is 7.68. The molecule has 2 aromatic rings. The van der Waals surface area contributed by atoms with Crippen molar-refractivity contribution in [3.05, 3.63) is 69.8 Å². The predicted molar refractivity (Wildman–Crippen MR) is 85.8 cm³/mol. The number of methoxy groups -OCH3 is 1. The van der Waals surface area contributed by atoms with Crippen LogP contribution in [-0.4, -0.2) is 18.0 Å². The van der Waals surface area contributed by atoms with Gasteiger partial charge in [0, 0.05) is 6.08 Å². The first-order valence-corrected chi connectivity index (χ1v) is 7.10. The Hall–Kier alpha value is -3.36. The number of nitro groups is 1. The van der Waals surface area contributed by atoms with Gasteiger partial charge in [0.2, 0.25) is 5.75 Å². The van der Waals surface area contributed by atoms with Crippen LogP contribution in [0.15, 0.2) is 48.5 Å². The van der Waals surface area contributed by atoms with E-state index in [-0.39, 0.29) is 17.1 Å². The number of carbonyl (C=O) groups is 1. The fourth-order valence-electron chi connectivity index (χ4n) is 1.98. The minimum Gasteiger partial charge on any atom is -0.496 e. The van der Waals surface area contributed by atoms with Crippen molar-refractivity contribution in [2.45, 2.75) is 6.18 Å². The van der Waals surface area contributed by atoms with E-state index in [9.17, 15) is 28.1 Å². The van der Waals surface area contributed by atoms with Crippen LogP contribution in [0.25, 0.3) is 6.08 Å². The van der Waals surface area contributed by atoms with Gasteiger partial charge in [-0.3, -0.25) is 10.1 Å². The highest BCUT2D eigenvalue weighted by molar-refractivity contribution is 5.89. The van der Waals surface area contributed by atoms with Crippen LogP contribution in [0, 0.1) is 10.1 Å². The summed E-state index contributed by atoms with van der Waals surface area (Å²) in [4.78, 5) is 22.1. The predicted octanol–water partition coefficient (Wildman–Crippen LogP) is 4.24. The van der Waals surface area contributed by atoms with E-state index < -0.39 is 28.3 Å². The molecule has 0 heterocycles. The van der Waals surface area contributed by atoms with E-state index in [1.54, 1.807) is 0 Å². The largest absolute Gasteiger partial charge is 0.496 e. The Morgan fingerprint density at radius 1 is 1.19 bits per heavy atom. The van der Waals surface area contributed by atoms with E-state index in [2.05, 4.69) is 0 Å². The Kier molecular flexibility index (Phi) is 5.61. The number of rotatable bonds is 5. The first kappa shape index (κ1) is 19.0. The lowest BCUT2D eigenvalue weighted by molar-refractivity contribution is -0.385. The summed E-state index contributed by atoms with van der Waals surface area (Å²) in [7, 11) is 1.32. The third-order valence-electron chi connectivity index (χ3n) is 3.20. The molecule has 0 atom stereocenters. The number of nitro benzene ring substituents is 1. The average Bonchev–Trinajstić information content (AvgIpc) is 2.59. The van der Waals surface area contributed by atoms with Crippen molar-refractivity contribution in [1.82, 2.24) is 0 Å². The summed E-state index contributed by atoms with van der Waals surface area (Å²) in [5.74, 6) is -1.08. The molecule has 0 unspecified atom stereocenters. The minimum absolute atomic E-state index is 0.126. The number of esters is 1. The van der Waals surface area contributed by atoms with Gasteiger partial charge in [-0.15, -0.1) is 0 Å². The Morgan fingerprint density at radius 3 is 2.54 bits per heavy atom. The van der Waals surface area contributed by atoms with E-state index in [4.69, 9.17) is 9.47 Å². The molecule has 0 amide bonds. The second-order valence-corrected chi connectivity index (χ2v) is 4.97. The summed E-state index contributed by atoms with van der Waals surface area (Å²) < 4.78 is 47.7. The molecule has 136 valence electrons. The van der Waals surface area contributed by atoms with Crippen LogP contribution in [0.5, 0.6) is 11.5 Å². The maximum atomic E-state index is 12.6. The molecule has 0 saturated heterocycles. The molecule has 6 nitrogen and oxygen atoms in total. The quantitative estimate of drug-likeness (QED) is 0.260. The van der Waals surface area contributed by atoms with Gasteiger partial charge in [0.25, 0.3) is 0 Å². The fourth-order valence-corrected chi connectivity index (χ4v) is 1.98. The molecule has 0 bridgehead atoms. The standard InChI is InChI=1S/C17H12F3NO5/c1-25-13-6-7-15(14(10-13)21(23)24)26-16(22)8-5-11-3-2-4-12(9-11)17(18,19)20/h2-10H,1H3/b8-5+. The van der Waals surface area contributed by atoms with Crippen molar-refractivity contribution in [2.24, 2.45) is 0 Å². The molecule has 26 heavy (non-hydrogen) atoms. The normalized spacial score (nSPS) is 11.4. The van der Waals surface area contributed by atoms with Crippen LogP contribution in [0.1, 0.15) is 11.1 Å². The molecule has 0 aliphatic carbocycles. The van der Waals surface area contributed by atoms with Gasteiger partial charge in [0.1, 0.15) is 5.75 Å². The monoisotopic (exact) mass is 367 g/mol. The van der Waals surface area contributed by atoms with Crippen molar-refractivity contribution in [3.63, 3.8) is 0 Å². The average molecular weight is 367 g/mol. The molecule has 0 aliphatic heterocycles. The Balaban J connectivity index is 2.17. The lowest BCUT2D eigenvalue weighted by Crippen LogP contribution is -2.06. The molecule has 0 aliphatic rings. The molecule has 0 N–H and O–H groups in total. The molecule has 9 heteroatoms. The number of carbonyl (C=O) groups excluding carboxylic acids is 1. The number of alkyl halides is 3. The summed E-state index contributed by atoms with van der Waals surface area (Å²) in [6.07, 6.45) is -2.51. The van der Waals surface area contributed by atoms with Crippen LogP contribution >= 0.6 is 0 Å². The van der Waals surface area contributed by atoms with E-state index in [1.807, 2.05) is 0 Å². The zero-order valence-electron chi connectivity index (χ0n) is 13.3. The lowest BCUT2D eigenvalue weighted by Gasteiger charge is -2.07. The molecule has 0 radical (unpaired) electrons. The van der Waals surface area contributed by atoms with Gasteiger partial charge in [-0.1, -0.05) is 12.1 Å². The van der Waals surface area contributed by atoms with Gasteiger partial charge in [-0.05, 0) is 35.9 Å². The first-order chi connectivity index (χ1) is 12.2. The number of benzene rings is 2. The fraction of sp³-hybridized carbons (Fsp3) is 0.118. The number of halogens is 3. The molecule has 0 fully saturated rings. The van der Waals surface area contributed by atoms with Crippen LogP contribution < -0.4 is 9.47 Å². The topological polar surface area (TPSA) is 78.7 Å². The van der Waals surface area contributed by atoms with Crippen molar-refractivity contribution in [3.8, 4) is 11.5 Å². The van der Waals surface area contributed by atoms with Gasteiger partial charge in [-0.25, -0.2) is 4.79 Å². The summed E-state index contributed by atoms with van der Waals surface area (Å²) in [6, 6.07) is 7.96. The number of hydrogen-bond donors (Lipinski definition) is 0. The smallest absolute Gasteiger partial charge is 0.416 e. The Labute approximate surface area is 145 Å². The van der Waals surface area contributed by atoms with Crippen LogP contribution in [0.2, 0.25) is 0 Å². The highest BCUT2D eigenvalue weighted by Gasteiger charge is 2.30. The second-order valence-electron chi connectivity index (χ2n) is 4.97. The van der Waals surface area contributed by atoms with Gasteiger partial charge in [-0.2, -0.15) is 13.2 Å². The van der Waals surface area contributed by atoms with Gasteiger partial charge in [0.05, 0.1) is 23.7 Å². The third kappa shape index (κ3) is 4.82. The molecule has 2 rings (SSSR count). The number of ether oxygens (including phenoxy) is 2. The zero-order chi connectivity index (χ0) is 19.3. The van der Waals surface area contributed by atoms with Crippen molar-refractivity contribution in [1.29, 1.82) is 0 Å². The number of nitrogens with zero attached hydrogens (tertiary/aromatic N) is 1. The van der Waals surface area contributed by atoms with Gasteiger partial charge >= 0.3 is 17.8 Å². The van der Waals surface area contributed by atoms with Gasteiger partial charge in [0.15, 0.2) is 0 Å². The first-order valence-electron chi connectivity index (χ1n) is 7.10.